The van der Waals surface area contributed by atoms with Crippen LogP contribution in [0.3, 0.4) is 0 Å². The fourth-order valence-electron chi connectivity index (χ4n) is 3.37. The summed E-state index contributed by atoms with van der Waals surface area (Å²) < 4.78 is 29.5. The second-order valence-corrected chi connectivity index (χ2v) is 9.18. The van der Waals surface area contributed by atoms with Crippen molar-refractivity contribution in [1.29, 1.82) is 0 Å². The monoisotopic (exact) mass is 456 g/mol. The van der Waals surface area contributed by atoms with Crippen LogP contribution in [0.25, 0.3) is 16.8 Å². The number of anilines is 3. The molecule has 164 valence electrons. The maximum atomic E-state index is 12.6. The molecule has 2 N–H and O–H groups in total. The van der Waals surface area contributed by atoms with E-state index in [0.717, 1.165) is 22.4 Å². The second kappa shape index (κ2) is 8.36. The van der Waals surface area contributed by atoms with Crippen molar-refractivity contribution < 1.29 is 8.42 Å². The molecule has 0 aliphatic heterocycles. The van der Waals surface area contributed by atoms with Gasteiger partial charge in [0, 0.05) is 35.5 Å². The zero-order chi connectivity index (χ0) is 22.8. The summed E-state index contributed by atoms with van der Waals surface area (Å²) in [5.74, 6) is 0.645. The van der Waals surface area contributed by atoms with E-state index in [0.29, 0.717) is 17.2 Å². The fourth-order valence-corrected chi connectivity index (χ4v) is 4.43. The highest BCUT2D eigenvalue weighted by Gasteiger charge is 2.14. The maximum Gasteiger partial charge on any atom is 0.261 e. The SMILES string of the molecule is Cc1ccc(S(=O)(=O)Nc2ccc(Nc3ccn4ncc(-c5ccncc5)c4n3)cc2)cc1. The first kappa shape index (κ1) is 20.7. The Morgan fingerprint density at radius 1 is 0.848 bits per heavy atom. The minimum Gasteiger partial charge on any atom is -0.340 e. The molecule has 0 amide bonds. The molecule has 0 aliphatic carbocycles. The average molecular weight is 457 g/mol. The van der Waals surface area contributed by atoms with E-state index in [2.05, 4.69) is 20.1 Å². The number of fused-ring (bicyclic) bond motifs is 1. The van der Waals surface area contributed by atoms with Crippen LogP contribution in [0.2, 0.25) is 0 Å². The van der Waals surface area contributed by atoms with E-state index in [-0.39, 0.29) is 4.90 Å². The van der Waals surface area contributed by atoms with Crippen LogP contribution in [-0.2, 0) is 10.0 Å². The summed E-state index contributed by atoms with van der Waals surface area (Å²) in [5.41, 5.74) is 4.85. The summed E-state index contributed by atoms with van der Waals surface area (Å²) in [7, 11) is -3.65. The highest BCUT2D eigenvalue weighted by atomic mass is 32.2. The standard InChI is InChI=1S/C24H20N6O2S/c1-17-2-8-21(9-3-17)33(31,32)29-20-6-4-19(5-7-20)27-23-12-15-30-24(28-23)22(16-26-30)18-10-13-25-14-11-18/h2-16,29H,1H3,(H,27,28). The highest BCUT2D eigenvalue weighted by Crippen LogP contribution is 2.25. The van der Waals surface area contributed by atoms with Gasteiger partial charge in [0.1, 0.15) is 5.82 Å². The zero-order valence-corrected chi connectivity index (χ0v) is 18.5. The minimum atomic E-state index is -3.65. The number of nitrogens with zero attached hydrogens (tertiary/aromatic N) is 4. The van der Waals surface area contributed by atoms with Gasteiger partial charge in [-0.1, -0.05) is 17.7 Å². The minimum absolute atomic E-state index is 0.221. The molecule has 0 radical (unpaired) electrons. The Bertz CT molecular complexity index is 1510. The lowest BCUT2D eigenvalue weighted by Crippen LogP contribution is -2.12. The lowest BCUT2D eigenvalue weighted by atomic mass is 10.1. The lowest BCUT2D eigenvalue weighted by Gasteiger charge is -2.10. The van der Waals surface area contributed by atoms with Gasteiger partial charge in [-0.2, -0.15) is 5.10 Å². The molecule has 0 bridgehead atoms. The smallest absolute Gasteiger partial charge is 0.261 e. The van der Waals surface area contributed by atoms with E-state index in [1.54, 1.807) is 71.6 Å². The zero-order valence-electron chi connectivity index (χ0n) is 17.7. The molecule has 0 fully saturated rings. The molecule has 0 saturated heterocycles. The van der Waals surface area contributed by atoms with Gasteiger partial charge >= 0.3 is 0 Å². The number of hydrogen-bond donors (Lipinski definition) is 2. The maximum absolute atomic E-state index is 12.6. The molecule has 3 aromatic heterocycles. The molecule has 33 heavy (non-hydrogen) atoms. The quantitative estimate of drug-likeness (QED) is 0.386. The van der Waals surface area contributed by atoms with Gasteiger partial charge in [0.15, 0.2) is 5.65 Å². The predicted octanol–water partition coefficient (Wildman–Crippen LogP) is 4.64. The van der Waals surface area contributed by atoms with E-state index in [1.165, 1.54) is 0 Å². The van der Waals surface area contributed by atoms with Gasteiger partial charge in [0.05, 0.1) is 11.1 Å². The summed E-state index contributed by atoms with van der Waals surface area (Å²) in [6, 6.07) is 19.4. The number of aryl methyl sites for hydroxylation is 1. The van der Waals surface area contributed by atoms with Gasteiger partial charge in [-0.25, -0.2) is 17.9 Å². The molecular weight excluding hydrogens is 436 g/mol. The molecule has 0 atom stereocenters. The topological polar surface area (TPSA) is 101 Å². The van der Waals surface area contributed by atoms with E-state index in [4.69, 9.17) is 4.98 Å². The lowest BCUT2D eigenvalue weighted by molar-refractivity contribution is 0.601. The summed E-state index contributed by atoms with van der Waals surface area (Å²) in [5, 5.41) is 7.61. The van der Waals surface area contributed by atoms with Crippen molar-refractivity contribution in [3.8, 4) is 11.1 Å². The average Bonchev–Trinajstić information content (AvgIpc) is 3.24. The first-order valence-electron chi connectivity index (χ1n) is 10.2. The number of hydrogen-bond acceptors (Lipinski definition) is 6. The third-order valence-electron chi connectivity index (χ3n) is 5.10. The molecule has 8 nitrogen and oxygen atoms in total. The molecule has 9 heteroatoms. The number of sulfonamides is 1. The first-order valence-corrected chi connectivity index (χ1v) is 11.7. The van der Waals surface area contributed by atoms with Crippen molar-refractivity contribution in [1.82, 2.24) is 19.6 Å². The third kappa shape index (κ3) is 4.39. The summed E-state index contributed by atoms with van der Waals surface area (Å²) in [6.07, 6.45) is 7.07. The molecule has 0 spiro atoms. The number of pyridine rings is 1. The number of rotatable bonds is 6. The van der Waals surface area contributed by atoms with Crippen LogP contribution in [0, 0.1) is 6.92 Å². The van der Waals surface area contributed by atoms with Crippen LogP contribution in [0.4, 0.5) is 17.2 Å². The van der Waals surface area contributed by atoms with Crippen LogP contribution in [0.5, 0.6) is 0 Å². The normalized spacial score (nSPS) is 11.4. The number of benzene rings is 2. The Labute approximate surface area is 191 Å². The molecule has 0 saturated carbocycles. The number of aromatic nitrogens is 4. The predicted molar refractivity (Wildman–Crippen MR) is 128 cm³/mol. The Kier molecular flexibility index (Phi) is 5.23. The molecule has 2 aromatic carbocycles. The van der Waals surface area contributed by atoms with E-state index in [9.17, 15) is 8.42 Å². The van der Waals surface area contributed by atoms with Crippen molar-refractivity contribution in [2.24, 2.45) is 0 Å². The van der Waals surface area contributed by atoms with Crippen molar-refractivity contribution in [3.63, 3.8) is 0 Å². The van der Waals surface area contributed by atoms with Crippen LogP contribution in [0.1, 0.15) is 5.56 Å². The van der Waals surface area contributed by atoms with Crippen LogP contribution < -0.4 is 10.0 Å². The molecular formula is C24H20N6O2S. The van der Waals surface area contributed by atoms with Gasteiger partial charge < -0.3 is 5.32 Å². The summed E-state index contributed by atoms with van der Waals surface area (Å²) >= 11 is 0. The van der Waals surface area contributed by atoms with Crippen LogP contribution in [-0.4, -0.2) is 28.0 Å². The van der Waals surface area contributed by atoms with E-state index >= 15 is 0 Å². The Morgan fingerprint density at radius 3 is 2.27 bits per heavy atom. The van der Waals surface area contributed by atoms with Crippen molar-refractivity contribution in [3.05, 3.63) is 97.1 Å². The van der Waals surface area contributed by atoms with Crippen molar-refractivity contribution in [2.75, 3.05) is 10.0 Å². The summed E-state index contributed by atoms with van der Waals surface area (Å²) in [4.78, 5) is 8.97. The van der Waals surface area contributed by atoms with Gasteiger partial charge in [-0.15, -0.1) is 0 Å². The van der Waals surface area contributed by atoms with Gasteiger partial charge in [0.2, 0.25) is 0 Å². The van der Waals surface area contributed by atoms with Gasteiger partial charge in [-0.3, -0.25) is 9.71 Å². The first-order chi connectivity index (χ1) is 16.0. The second-order valence-electron chi connectivity index (χ2n) is 7.50. The fraction of sp³-hybridized carbons (Fsp3) is 0.0417. The van der Waals surface area contributed by atoms with Crippen LogP contribution in [0.15, 0.2) is 96.4 Å². The van der Waals surface area contributed by atoms with Gasteiger partial charge in [0.25, 0.3) is 10.0 Å². The largest absolute Gasteiger partial charge is 0.340 e. The van der Waals surface area contributed by atoms with Gasteiger partial charge in [-0.05, 0) is 67.1 Å². The molecule has 5 rings (SSSR count). The number of nitrogens with one attached hydrogen (secondary N) is 2. The van der Waals surface area contributed by atoms with Crippen molar-refractivity contribution in [2.45, 2.75) is 11.8 Å². The Morgan fingerprint density at radius 2 is 1.55 bits per heavy atom. The molecule has 3 heterocycles. The van der Waals surface area contributed by atoms with Crippen molar-refractivity contribution >= 4 is 32.9 Å². The molecule has 0 unspecified atom stereocenters. The van der Waals surface area contributed by atoms with E-state index < -0.39 is 10.0 Å². The van der Waals surface area contributed by atoms with E-state index in [1.807, 2.05) is 31.3 Å². The molecule has 5 aromatic rings. The third-order valence-corrected chi connectivity index (χ3v) is 6.50. The van der Waals surface area contributed by atoms with Crippen LogP contribution >= 0.6 is 0 Å². The highest BCUT2D eigenvalue weighted by molar-refractivity contribution is 7.92. The summed E-state index contributed by atoms with van der Waals surface area (Å²) in [6.45, 7) is 1.91. The molecule has 0 aliphatic rings. The Balaban J connectivity index is 1.34. The Hall–Kier alpha value is -4.24.